The Hall–Kier alpha value is -3.74. The molecule has 3 rings (SSSR count). The molecular formula is C23H20F2N2O3. The van der Waals surface area contributed by atoms with Gasteiger partial charge in [-0.2, -0.15) is 8.78 Å². The van der Waals surface area contributed by atoms with Crippen molar-refractivity contribution in [3.63, 3.8) is 0 Å². The summed E-state index contributed by atoms with van der Waals surface area (Å²) >= 11 is 0. The summed E-state index contributed by atoms with van der Waals surface area (Å²) in [6, 6.07) is 22.6. The molecule has 0 aliphatic carbocycles. The van der Waals surface area contributed by atoms with Crippen LogP contribution in [0.25, 0.3) is 0 Å². The average Bonchev–Trinajstić information content (AvgIpc) is 2.75. The van der Waals surface area contributed by atoms with Gasteiger partial charge in [-0.25, -0.2) is 0 Å². The highest BCUT2D eigenvalue weighted by molar-refractivity contribution is 6.01. The minimum absolute atomic E-state index is 0.0128. The zero-order chi connectivity index (χ0) is 21.3. The van der Waals surface area contributed by atoms with Crippen molar-refractivity contribution < 1.29 is 23.1 Å². The average molecular weight is 410 g/mol. The fourth-order valence-corrected chi connectivity index (χ4v) is 2.84. The van der Waals surface area contributed by atoms with Crippen LogP contribution in [0.15, 0.2) is 84.9 Å². The van der Waals surface area contributed by atoms with Gasteiger partial charge in [0.2, 0.25) is 5.91 Å². The summed E-state index contributed by atoms with van der Waals surface area (Å²) in [5.74, 6) is -0.806. The summed E-state index contributed by atoms with van der Waals surface area (Å²) < 4.78 is 28.8. The van der Waals surface area contributed by atoms with E-state index < -0.39 is 18.6 Å². The summed E-state index contributed by atoms with van der Waals surface area (Å²) in [6.07, 6.45) is 0.290. The lowest BCUT2D eigenvalue weighted by molar-refractivity contribution is -0.118. The summed E-state index contributed by atoms with van der Waals surface area (Å²) in [5, 5.41) is 5.47. The van der Waals surface area contributed by atoms with Crippen molar-refractivity contribution in [3.05, 3.63) is 96.1 Å². The van der Waals surface area contributed by atoms with Crippen molar-refractivity contribution in [3.8, 4) is 5.75 Å². The lowest BCUT2D eigenvalue weighted by atomic mass is 10.0. The Balaban J connectivity index is 1.73. The molecule has 0 aromatic heterocycles. The van der Waals surface area contributed by atoms with Crippen molar-refractivity contribution in [2.45, 2.75) is 19.1 Å². The molecular weight excluding hydrogens is 390 g/mol. The van der Waals surface area contributed by atoms with E-state index in [9.17, 15) is 18.4 Å². The molecule has 3 aromatic rings. The normalized spacial score (nSPS) is 11.6. The predicted octanol–water partition coefficient (Wildman–Crippen LogP) is 4.27. The quantitative estimate of drug-likeness (QED) is 0.583. The standard InChI is InChI=1S/C23H20F2N2O3/c24-23(25)30-19-13-11-18(12-14-19)26-22(29)20(15-16-7-3-1-4-8-16)27-21(28)17-9-5-2-6-10-17/h1-14,20,23H,15H2,(H,26,29)(H,27,28)/t20-/m0/s1. The fraction of sp³-hybridized carbons (Fsp3) is 0.130. The van der Waals surface area contributed by atoms with Gasteiger partial charge in [0.25, 0.3) is 5.91 Å². The summed E-state index contributed by atoms with van der Waals surface area (Å²) in [5.41, 5.74) is 1.72. The third-order valence-electron chi connectivity index (χ3n) is 4.29. The topological polar surface area (TPSA) is 67.4 Å². The number of amides is 2. The SMILES string of the molecule is O=C(N[C@@H](Cc1ccccc1)C(=O)Nc1ccc(OC(F)F)cc1)c1ccccc1. The van der Waals surface area contributed by atoms with E-state index in [0.29, 0.717) is 11.3 Å². The molecule has 0 heterocycles. The van der Waals surface area contributed by atoms with Gasteiger partial charge >= 0.3 is 6.61 Å². The molecule has 0 radical (unpaired) electrons. The number of benzene rings is 3. The summed E-state index contributed by atoms with van der Waals surface area (Å²) in [4.78, 5) is 25.4. The predicted molar refractivity (Wildman–Crippen MR) is 110 cm³/mol. The Labute approximate surface area is 172 Å². The molecule has 0 saturated heterocycles. The number of anilines is 1. The second-order valence-corrected chi connectivity index (χ2v) is 6.47. The van der Waals surface area contributed by atoms with Gasteiger partial charge < -0.3 is 15.4 Å². The second kappa shape index (κ2) is 10.2. The van der Waals surface area contributed by atoms with Gasteiger partial charge in [-0.1, -0.05) is 48.5 Å². The first-order chi connectivity index (χ1) is 14.5. The maximum Gasteiger partial charge on any atom is 0.387 e. The van der Waals surface area contributed by atoms with Gasteiger partial charge in [0.05, 0.1) is 0 Å². The molecule has 1 atom stereocenters. The number of hydrogen-bond donors (Lipinski definition) is 2. The lowest BCUT2D eigenvalue weighted by Crippen LogP contribution is -2.45. The van der Waals surface area contributed by atoms with Crippen LogP contribution in [0.2, 0.25) is 0 Å². The van der Waals surface area contributed by atoms with Crippen LogP contribution in [0.4, 0.5) is 14.5 Å². The van der Waals surface area contributed by atoms with Crippen molar-refractivity contribution in [1.82, 2.24) is 5.32 Å². The van der Waals surface area contributed by atoms with E-state index >= 15 is 0 Å². The Morgan fingerprint density at radius 3 is 2.03 bits per heavy atom. The van der Waals surface area contributed by atoms with E-state index in [1.165, 1.54) is 24.3 Å². The first kappa shape index (κ1) is 21.0. The molecule has 7 heteroatoms. The Bertz CT molecular complexity index is 965. The number of carbonyl (C=O) groups excluding carboxylic acids is 2. The first-order valence-electron chi connectivity index (χ1n) is 9.27. The molecule has 0 bridgehead atoms. The molecule has 0 fully saturated rings. The van der Waals surface area contributed by atoms with Crippen molar-refractivity contribution in [2.75, 3.05) is 5.32 Å². The van der Waals surface area contributed by atoms with E-state index in [1.54, 1.807) is 30.3 Å². The number of hydrogen-bond acceptors (Lipinski definition) is 3. The van der Waals surface area contributed by atoms with Crippen LogP contribution in [0.5, 0.6) is 5.75 Å². The lowest BCUT2D eigenvalue weighted by Gasteiger charge is -2.19. The van der Waals surface area contributed by atoms with Gasteiger partial charge in [-0.3, -0.25) is 9.59 Å². The van der Waals surface area contributed by atoms with Crippen molar-refractivity contribution >= 4 is 17.5 Å². The Morgan fingerprint density at radius 2 is 1.43 bits per heavy atom. The minimum atomic E-state index is -2.92. The first-order valence-corrected chi connectivity index (χ1v) is 9.27. The van der Waals surface area contributed by atoms with Gasteiger partial charge in [0, 0.05) is 17.7 Å². The summed E-state index contributed by atoms with van der Waals surface area (Å²) in [6.45, 7) is -2.92. The van der Waals surface area contributed by atoms with Crippen LogP contribution < -0.4 is 15.4 Å². The Morgan fingerprint density at radius 1 is 0.833 bits per heavy atom. The van der Waals surface area contributed by atoms with E-state index in [0.717, 1.165) is 5.56 Å². The molecule has 0 unspecified atom stereocenters. The van der Waals surface area contributed by atoms with E-state index in [4.69, 9.17) is 0 Å². The highest BCUT2D eigenvalue weighted by Gasteiger charge is 2.22. The third kappa shape index (κ3) is 6.13. The van der Waals surface area contributed by atoms with Gasteiger partial charge in [-0.15, -0.1) is 0 Å². The number of carbonyl (C=O) groups is 2. The zero-order valence-corrected chi connectivity index (χ0v) is 15.9. The number of halogens is 2. The summed E-state index contributed by atoms with van der Waals surface area (Å²) in [7, 11) is 0. The number of alkyl halides is 2. The molecule has 0 saturated carbocycles. The van der Waals surface area contributed by atoms with Crippen molar-refractivity contribution in [2.24, 2.45) is 0 Å². The van der Waals surface area contributed by atoms with Crippen LogP contribution in [0.1, 0.15) is 15.9 Å². The number of rotatable bonds is 8. The smallest absolute Gasteiger partial charge is 0.387 e. The van der Waals surface area contributed by atoms with Crippen LogP contribution in [-0.4, -0.2) is 24.5 Å². The molecule has 0 aliphatic rings. The molecule has 154 valence electrons. The number of nitrogens with one attached hydrogen (secondary N) is 2. The van der Waals surface area contributed by atoms with Crippen LogP contribution >= 0.6 is 0 Å². The molecule has 3 aromatic carbocycles. The van der Waals surface area contributed by atoms with Gasteiger partial charge in [0.15, 0.2) is 0 Å². The van der Waals surface area contributed by atoms with E-state index in [-0.39, 0.29) is 18.1 Å². The highest BCUT2D eigenvalue weighted by atomic mass is 19.3. The van der Waals surface area contributed by atoms with Crippen LogP contribution in [0, 0.1) is 0 Å². The molecule has 2 N–H and O–H groups in total. The van der Waals surface area contributed by atoms with Crippen LogP contribution in [-0.2, 0) is 11.2 Å². The van der Waals surface area contributed by atoms with Crippen molar-refractivity contribution in [1.29, 1.82) is 0 Å². The molecule has 0 spiro atoms. The molecule has 5 nitrogen and oxygen atoms in total. The zero-order valence-electron chi connectivity index (χ0n) is 15.9. The Kier molecular flexibility index (Phi) is 7.10. The largest absolute Gasteiger partial charge is 0.435 e. The highest BCUT2D eigenvalue weighted by Crippen LogP contribution is 2.18. The molecule has 0 aliphatic heterocycles. The third-order valence-corrected chi connectivity index (χ3v) is 4.29. The minimum Gasteiger partial charge on any atom is -0.435 e. The monoisotopic (exact) mass is 410 g/mol. The van der Waals surface area contributed by atoms with Gasteiger partial charge in [0.1, 0.15) is 11.8 Å². The van der Waals surface area contributed by atoms with Crippen LogP contribution in [0.3, 0.4) is 0 Å². The molecule has 2 amide bonds. The molecule has 30 heavy (non-hydrogen) atoms. The van der Waals surface area contributed by atoms with E-state index in [1.807, 2.05) is 30.3 Å². The van der Waals surface area contributed by atoms with Gasteiger partial charge in [-0.05, 0) is 42.0 Å². The second-order valence-electron chi connectivity index (χ2n) is 6.47. The maximum atomic E-state index is 12.9. The number of ether oxygens (including phenoxy) is 1. The fourth-order valence-electron chi connectivity index (χ4n) is 2.84. The maximum absolute atomic E-state index is 12.9. The van der Waals surface area contributed by atoms with E-state index in [2.05, 4.69) is 15.4 Å².